The van der Waals surface area contributed by atoms with Gasteiger partial charge in [0.1, 0.15) is 0 Å². The number of halogens is 3. The molecule has 0 unspecified atom stereocenters. The van der Waals surface area contributed by atoms with Gasteiger partial charge in [0.2, 0.25) is 0 Å². The molecule has 0 aliphatic carbocycles. The zero-order valence-corrected chi connectivity index (χ0v) is 17.8. The molecule has 0 spiro atoms. The molecule has 1 heterocycles. The van der Waals surface area contributed by atoms with Crippen molar-refractivity contribution in [1.29, 1.82) is 0 Å². The number of alkyl halides is 3. The number of benzene rings is 3. The standard InChI is InChI=1S/C27H26F3NO/c1-2-26-25(24-15-23(27(28,29)30)14-13-22(24)19-32-26)18-31(16-20-9-5-3-6-10-20)17-21-11-7-4-8-12-21/h2-15,25-26H,1,16-19H2/t25-,26-/m0/s1. The third kappa shape index (κ3) is 5.29. The van der Waals surface area contributed by atoms with Crippen molar-refractivity contribution in [3.8, 4) is 0 Å². The minimum atomic E-state index is -4.38. The number of rotatable bonds is 7. The van der Waals surface area contributed by atoms with E-state index >= 15 is 0 Å². The van der Waals surface area contributed by atoms with Crippen LogP contribution in [0.1, 0.15) is 33.7 Å². The van der Waals surface area contributed by atoms with E-state index in [2.05, 4.69) is 35.7 Å². The maximum Gasteiger partial charge on any atom is 0.416 e. The van der Waals surface area contributed by atoms with E-state index in [0.29, 0.717) is 25.2 Å². The van der Waals surface area contributed by atoms with Crippen molar-refractivity contribution in [2.24, 2.45) is 0 Å². The predicted octanol–water partition coefficient (Wildman–Crippen LogP) is 6.58. The second-order valence-corrected chi connectivity index (χ2v) is 8.17. The lowest BCUT2D eigenvalue weighted by Crippen LogP contribution is -2.36. The zero-order chi connectivity index (χ0) is 22.6. The van der Waals surface area contributed by atoms with Gasteiger partial charge in [0.05, 0.1) is 18.3 Å². The molecule has 3 aromatic carbocycles. The van der Waals surface area contributed by atoms with Crippen LogP contribution in [0, 0.1) is 0 Å². The molecule has 0 saturated heterocycles. The van der Waals surface area contributed by atoms with Gasteiger partial charge in [0.15, 0.2) is 0 Å². The van der Waals surface area contributed by atoms with Gasteiger partial charge in [-0.15, -0.1) is 6.58 Å². The molecule has 2 atom stereocenters. The van der Waals surface area contributed by atoms with Crippen molar-refractivity contribution < 1.29 is 17.9 Å². The van der Waals surface area contributed by atoms with Gasteiger partial charge in [-0.1, -0.05) is 72.8 Å². The topological polar surface area (TPSA) is 12.5 Å². The van der Waals surface area contributed by atoms with Crippen molar-refractivity contribution in [2.45, 2.75) is 37.9 Å². The van der Waals surface area contributed by atoms with Crippen molar-refractivity contribution in [3.05, 3.63) is 119 Å². The highest BCUT2D eigenvalue weighted by Gasteiger charge is 2.35. The minimum absolute atomic E-state index is 0.244. The summed E-state index contributed by atoms with van der Waals surface area (Å²) < 4.78 is 46.3. The Bertz CT molecular complexity index is 992. The second kappa shape index (κ2) is 9.72. The molecular formula is C27H26F3NO. The Morgan fingerprint density at radius 2 is 1.50 bits per heavy atom. The first kappa shape index (κ1) is 22.3. The molecule has 32 heavy (non-hydrogen) atoms. The monoisotopic (exact) mass is 437 g/mol. The Balaban J connectivity index is 1.67. The molecule has 1 aliphatic heterocycles. The number of nitrogens with zero attached hydrogens (tertiary/aromatic N) is 1. The average molecular weight is 438 g/mol. The number of hydrogen-bond acceptors (Lipinski definition) is 2. The summed E-state index contributed by atoms with van der Waals surface area (Å²) in [5, 5.41) is 0. The Hall–Kier alpha value is -2.89. The molecule has 3 aromatic rings. The Labute approximate surface area is 187 Å². The fourth-order valence-corrected chi connectivity index (χ4v) is 4.31. The van der Waals surface area contributed by atoms with Gasteiger partial charge >= 0.3 is 6.18 Å². The van der Waals surface area contributed by atoms with Crippen LogP contribution in [0.15, 0.2) is 91.5 Å². The van der Waals surface area contributed by atoms with Crippen LogP contribution < -0.4 is 0 Å². The number of ether oxygens (including phenoxy) is 1. The fraction of sp³-hybridized carbons (Fsp3) is 0.259. The van der Waals surface area contributed by atoms with Gasteiger partial charge in [-0.3, -0.25) is 4.90 Å². The van der Waals surface area contributed by atoms with Crippen LogP contribution >= 0.6 is 0 Å². The fourth-order valence-electron chi connectivity index (χ4n) is 4.31. The molecule has 0 N–H and O–H groups in total. The zero-order valence-electron chi connectivity index (χ0n) is 17.8. The smallest absolute Gasteiger partial charge is 0.369 e. The third-order valence-electron chi connectivity index (χ3n) is 5.89. The van der Waals surface area contributed by atoms with E-state index in [9.17, 15) is 13.2 Å². The van der Waals surface area contributed by atoms with Gasteiger partial charge in [-0.25, -0.2) is 0 Å². The van der Waals surface area contributed by atoms with Crippen LogP contribution in [0.5, 0.6) is 0 Å². The van der Waals surface area contributed by atoms with E-state index < -0.39 is 11.7 Å². The lowest BCUT2D eigenvalue weighted by Gasteiger charge is -2.36. The average Bonchev–Trinajstić information content (AvgIpc) is 2.79. The van der Waals surface area contributed by atoms with E-state index in [4.69, 9.17) is 4.74 Å². The normalized spacial score (nSPS) is 18.4. The third-order valence-corrected chi connectivity index (χ3v) is 5.89. The quantitative estimate of drug-likeness (QED) is 0.387. The van der Waals surface area contributed by atoms with Crippen LogP contribution in [0.2, 0.25) is 0 Å². The van der Waals surface area contributed by atoms with E-state index in [1.54, 1.807) is 12.1 Å². The van der Waals surface area contributed by atoms with Crippen LogP contribution in [-0.4, -0.2) is 17.5 Å². The first-order valence-electron chi connectivity index (χ1n) is 10.7. The maximum atomic E-state index is 13.4. The molecule has 1 aliphatic rings. The van der Waals surface area contributed by atoms with Crippen LogP contribution in [-0.2, 0) is 30.6 Å². The highest BCUT2D eigenvalue weighted by molar-refractivity contribution is 5.39. The molecule has 0 bridgehead atoms. The summed E-state index contributed by atoms with van der Waals surface area (Å²) in [6, 6.07) is 24.2. The molecule has 0 saturated carbocycles. The van der Waals surface area contributed by atoms with Crippen LogP contribution in [0.4, 0.5) is 13.2 Å². The van der Waals surface area contributed by atoms with Gasteiger partial charge in [-0.05, 0) is 34.4 Å². The highest BCUT2D eigenvalue weighted by Crippen LogP contribution is 2.38. The summed E-state index contributed by atoms with van der Waals surface area (Å²) in [5.41, 5.74) is 3.19. The Morgan fingerprint density at radius 1 is 0.906 bits per heavy atom. The largest absolute Gasteiger partial charge is 0.416 e. The molecule has 0 aromatic heterocycles. The van der Waals surface area contributed by atoms with E-state index in [1.807, 2.05) is 36.4 Å². The maximum absolute atomic E-state index is 13.4. The van der Waals surface area contributed by atoms with Crippen LogP contribution in [0.25, 0.3) is 0 Å². The number of fused-ring (bicyclic) bond motifs is 1. The Morgan fingerprint density at radius 3 is 2.03 bits per heavy atom. The van der Waals surface area contributed by atoms with E-state index in [0.717, 1.165) is 22.8 Å². The van der Waals surface area contributed by atoms with Crippen molar-refractivity contribution in [2.75, 3.05) is 6.54 Å². The van der Waals surface area contributed by atoms with Gasteiger partial charge in [-0.2, -0.15) is 13.2 Å². The van der Waals surface area contributed by atoms with Gasteiger partial charge < -0.3 is 4.74 Å². The molecule has 0 radical (unpaired) electrons. The molecule has 0 fully saturated rings. The lowest BCUT2D eigenvalue weighted by molar-refractivity contribution is -0.137. The summed E-state index contributed by atoms with van der Waals surface area (Å²) >= 11 is 0. The minimum Gasteiger partial charge on any atom is -0.369 e. The number of hydrogen-bond donors (Lipinski definition) is 0. The second-order valence-electron chi connectivity index (χ2n) is 8.17. The molecule has 0 amide bonds. The molecular weight excluding hydrogens is 411 g/mol. The first-order chi connectivity index (χ1) is 15.4. The SMILES string of the molecule is C=C[C@@H]1OCc2ccc(C(F)(F)F)cc2[C@@H]1CN(Cc1ccccc1)Cc1ccccc1. The summed E-state index contributed by atoms with van der Waals surface area (Å²) in [6.07, 6.45) is -3.02. The van der Waals surface area contributed by atoms with Crippen molar-refractivity contribution in [1.82, 2.24) is 4.90 Å². The van der Waals surface area contributed by atoms with Gasteiger partial charge in [0, 0.05) is 25.6 Å². The van der Waals surface area contributed by atoms with E-state index in [1.165, 1.54) is 6.07 Å². The predicted molar refractivity (Wildman–Crippen MR) is 120 cm³/mol. The Kier molecular flexibility index (Phi) is 6.77. The molecule has 2 nitrogen and oxygen atoms in total. The molecule has 4 rings (SSSR count). The molecule has 5 heteroatoms. The molecule has 166 valence electrons. The van der Waals surface area contributed by atoms with Crippen LogP contribution in [0.3, 0.4) is 0 Å². The van der Waals surface area contributed by atoms with E-state index in [-0.39, 0.29) is 18.6 Å². The van der Waals surface area contributed by atoms with Gasteiger partial charge in [0.25, 0.3) is 0 Å². The lowest BCUT2D eigenvalue weighted by atomic mass is 9.85. The van der Waals surface area contributed by atoms with Crippen molar-refractivity contribution in [3.63, 3.8) is 0 Å². The first-order valence-corrected chi connectivity index (χ1v) is 10.7. The summed E-state index contributed by atoms with van der Waals surface area (Å²) in [5.74, 6) is -0.244. The van der Waals surface area contributed by atoms with Crippen molar-refractivity contribution >= 4 is 0 Å². The highest BCUT2D eigenvalue weighted by atomic mass is 19.4. The summed E-state index contributed by atoms with van der Waals surface area (Å²) in [7, 11) is 0. The summed E-state index contributed by atoms with van der Waals surface area (Å²) in [6.45, 7) is 6.10. The summed E-state index contributed by atoms with van der Waals surface area (Å²) in [4.78, 5) is 2.27.